The van der Waals surface area contributed by atoms with Gasteiger partial charge >= 0.3 is 0 Å². The van der Waals surface area contributed by atoms with E-state index in [4.69, 9.17) is 0 Å². The molecule has 1 heterocycles. The summed E-state index contributed by atoms with van der Waals surface area (Å²) in [7, 11) is 0. The molecular formula is C9H15N3. The number of hydrogen-bond donors (Lipinski definition) is 0. The first-order chi connectivity index (χ1) is 5.97. The highest BCUT2D eigenvalue weighted by Gasteiger charge is 2.22. The van der Waals surface area contributed by atoms with Crippen molar-refractivity contribution in [1.82, 2.24) is 0 Å². The van der Waals surface area contributed by atoms with Crippen molar-refractivity contribution in [2.24, 2.45) is 21.1 Å². The molecule has 0 radical (unpaired) electrons. The van der Waals surface area contributed by atoms with E-state index in [2.05, 4.69) is 15.2 Å². The molecule has 3 heteroatoms. The number of hydrogen-bond acceptors (Lipinski definition) is 3. The van der Waals surface area contributed by atoms with Crippen LogP contribution in [0.2, 0.25) is 0 Å². The van der Waals surface area contributed by atoms with Crippen LogP contribution in [0.4, 0.5) is 0 Å². The molecule has 0 bridgehead atoms. The lowest BCUT2D eigenvalue weighted by Crippen LogP contribution is -2.13. The molecular weight excluding hydrogens is 150 g/mol. The molecule has 66 valence electrons. The van der Waals surface area contributed by atoms with Crippen molar-refractivity contribution in [1.29, 1.82) is 0 Å². The van der Waals surface area contributed by atoms with Crippen LogP contribution in [0.1, 0.15) is 38.5 Å². The lowest BCUT2D eigenvalue weighted by atomic mass is 9.98. The van der Waals surface area contributed by atoms with Crippen molar-refractivity contribution in [3.05, 3.63) is 0 Å². The molecule has 1 fully saturated rings. The Morgan fingerprint density at radius 1 is 1.00 bits per heavy atom. The molecule has 0 aromatic rings. The number of nitrogens with zero attached hydrogens (tertiary/aromatic N) is 3. The fourth-order valence-corrected chi connectivity index (χ4v) is 2.05. The third kappa shape index (κ3) is 1.71. The van der Waals surface area contributed by atoms with Gasteiger partial charge in [0.1, 0.15) is 6.34 Å². The van der Waals surface area contributed by atoms with Crippen LogP contribution in [0.15, 0.2) is 15.2 Å². The molecule has 2 aliphatic rings. The Morgan fingerprint density at radius 2 is 1.75 bits per heavy atom. The molecule has 1 aliphatic heterocycles. The minimum Gasteiger partial charge on any atom is -0.243 e. The fraction of sp³-hybridized carbons (Fsp3) is 0.889. The first-order valence-electron chi connectivity index (χ1n) is 4.88. The van der Waals surface area contributed by atoms with Gasteiger partial charge in [0.15, 0.2) is 6.17 Å². The Bertz CT molecular complexity index is 178. The first kappa shape index (κ1) is 7.90. The monoisotopic (exact) mass is 165 g/mol. The standard InChI is InChI=1S/C9H15N3/c1-2-4-6-8(5-3-1)9-10-7-11-12-9/h7-9H,1-6H2. The van der Waals surface area contributed by atoms with Gasteiger partial charge in [-0.05, 0) is 12.8 Å². The van der Waals surface area contributed by atoms with E-state index in [1.165, 1.54) is 38.5 Å². The largest absolute Gasteiger partial charge is 0.243 e. The minimum absolute atomic E-state index is 0.170. The van der Waals surface area contributed by atoms with E-state index >= 15 is 0 Å². The second-order valence-electron chi connectivity index (χ2n) is 3.66. The van der Waals surface area contributed by atoms with E-state index in [1.807, 2.05) is 0 Å². The zero-order valence-electron chi connectivity index (χ0n) is 7.32. The van der Waals surface area contributed by atoms with E-state index in [1.54, 1.807) is 6.34 Å². The third-order valence-electron chi connectivity index (χ3n) is 2.78. The zero-order valence-corrected chi connectivity index (χ0v) is 7.32. The van der Waals surface area contributed by atoms with E-state index in [9.17, 15) is 0 Å². The molecule has 1 aliphatic carbocycles. The van der Waals surface area contributed by atoms with Crippen molar-refractivity contribution < 1.29 is 0 Å². The van der Waals surface area contributed by atoms with Crippen LogP contribution in [0, 0.1) is 5.92 Å². The average molecular weight is 165 g/mol. The van der Waals surface area contributed by atoms with Gasteiger partial charge in [-0.3, -0.25) is 0 Å². The van der Waals surface area contributed by atoms with Gasteiger partial charge in [0.05, 0.1) is 0 Å². The second-order valence-corrected chi connectivity index (χ2v) is 3.66. The maximum atomic E-state index is 4.24. The maximum absolute atomic E-state index is 4.24. The van der Waals surface area contributed by atoms with Crippen molar-refractivity contribution >= 4 is 6.34 Å². The van der Waals surface area contributed by atoms with Gasteiger partial charge in [-0.25, -0.2) is 4.99 Å². The van der Waals surface area contributed by atoms with Crippen LogP contribution < -0.4 is 0 Å². The molecule has 0 spiro atoms. The van der Waals surface area contributed by atoms with Gasteiger partial charge in [0, 0.05) is 5.92 Å². The van der Waals surface area contributed by atoms with E-state index in [0.29, 0.717) is 5.92 Å². The summed E-state index contributed by atoms with van der Waals surface area (Å²) in [4.78, 5) is 4.24. The van der Waals surface area contributed by atoms with Crippen LogP contribution in [-0.2, 0) is 0 Å². The van der Waals surface area contributed by atoms with Gasteiger partial charge in [-0.15, -0.1) is 5.11 Å². The van der Waals surface area contributed by atoms with Crippen LogP contribution in [0.5, 0.6) is 0 Å². The summed E-state index contributed by atoms with van der Waals surface area (Å²) in [5.74, 6) is 0.676. The predicted molar refractivity (Wildman–Crippen MR) is 48.3 cm³/mol. The normalized spacial score (nSPS) is 30.8. The van der Waals surface area contributed by atoms with E-state index in [0.717, 1.165) is 0 Å². The van der Waals surface area contributed by atoms with Crippen LogP contribution in [-0.4, -0.2) is 12.5 Å². The summed E-state index contributed by atoms with van der Waals surface area (Å²) in [6, 6.07) is 0. The highest BCUT2D eigenvalue weighted by Crippen LogP contribution is 2.28. The van der Waals surface area contributed by atoms with Crippen LogP contribution in [0.3, 0.4) is 0 Å². The lowest BCUT2D eigenvalue weighted by Gasteiger charge is -2.14. The molecule has 0 amide bonds. The highest BCUT2D eigenvalue weighted by molar-refractivity contribution is 5.56. The number of rotatable bonds is 1. The second kappa shape index (κ2) is 3.78. The smallest absolute Gasteiger partial charge is 0.165 e. The summed E-state index contributed by atoms with van der Waals surface area (Å²) >= 11 is 0. The Balaban J connectivity index is 1.92. The Morgan fingerprint density at radius 3 is 2.33 bits per heavy atom. The summed E-state index contributed by atoms with van der Waals surface area (Å²) in [6.45, 7) is 0. The summed E-state index contributed by atoms with van der Waals surface area (Å²) in [6.07, 6.45) is 9.84. The number of aliphatic imine (C=N–C) groups is 1. The third-order valence-corrected chi connectivity index (χ3v) is 2.78. The topological polar surface area (TPSA) is 37.1 Å². The predicted octanol–water partition coefficient (Wildman–Crippen LogP) is 2.78. The number of azo groups is 1. The lowest BCUT2D eigenvalue weighted by molar-refractivity contribution is 0.384. The molecule has 1 saturated carbocycles. The van der Waals surface area contributed by atoms with Crippen molar-refractivity contribution in [2.75, 3.05) is 0 Å². The molecule has 12 heavy (non-hydrogen) atoms. The summed E-state index contributed by atoms with van der Waals surface area (Å²) in [5.41, 5.74) is 0. The SMILES string of the molecule is C1=NC(C2CCCCCC2)N=N1. The molecule has 2 rings (SSSR count). The fourth-order valence-electron chi connectivity index (χ4n) is 2.05. The highest BCUT2D eigenvalue weighted by atomic mass is 15.3. The minimum atomic E-state index is 0.170. The summed E-state index contributed by atoms with van der Waals surface area (Å²) in [5, 5.41) is 7.91. The van der Waals surface area contributed by atoms with E-state index in [-0.39, 0.29) is 6.17 Å². The maximum Gasteiger partial charge on any atom is 0.165 e. The van der Waals surface area contributed by atoms with Gasteiger partial charge < -0.3 is 0 Å². The molecule has 1 atom stereocenters. The molecule has 1 unspecified atom stereocenters. The molecule has 0 aromatic heterocycles. The van der Waals surface area contributed by atoms with Gasteiger partial charge in [-0.1, -0.05) is 25.7 Å². The summed E-state index contributed by atoms with van der Waals surface area (Å²) < 4.78 is 0. The Kier molecular flexibility index (Phi) is 2.49. The average Bonchev–Trinajstić information content (AvgIpc) is 2.48. The molecule has 0 aromatic carbocycles. The van der Waals surface area contributed by atoms with Gasteiger partial charge in [0.25, 0.3) is 0 Å². The molecule has 0 saturated heterocycles. The van der Waals surface area contributed by atoms with Gasteiger partial charge in [0.2, 0.25) is 0 Å². The van der Waals surface area contributed by atoms with Crippen molar-refractivity contribution in [3.8, 4) is 0 Å². The molecule has 3 nitrogen and oxygen atoms in total. The quantitative estimate of drug-likeness (QED) is 0.536. The van der Waals surface area contributed by atoms with Crippen molar-refractivity contribution in [2.45, 2.75) is 44.7 Å². The van der Waals surface area contributed by atoms with Gasteiger partial charge in [-0.2, -0.15) is 5.11 Å². The first-order valence-corrected chi connectivity index (χ1v) is 4.88. The molecule has 0 N–H and O–H groups in total. The Labute approximate surface area is 73.0 Å². The van der Waals surface area contributed by atoms with Crippen LogP contribution >= 0.6 is 0 Å². The van der Waals surface area contributed by atoms with Crippen LogP contribution in [0.25, 0.3) is 0 Å². The Hall–Kier alpha value is -0.730. The zero-order chi connectivity index (χ0) is 8.23. The van der Waals surface area contributed by atoms with E-state index < -0.39 is 0 Å². The van der Waals surface area contributed by atoms with Crippen molar-refractivity contribution in [3.63, 3.8) is 0 Å².